The summed E-state index contributed by atoms with van der Waals surface area (Å²) in [6.07, 6.45) is 2.32. The summed E-state index contributed by atoms with van der Waals surface area (Å²) in [5, 5.41) is 8.55. The van der Waals surface area contributed by atoms with Gasteiger partial charge in [-0.2, -0.15) is 5.10 Å². The lowest BCUT2D eigenvalue weighted by atomic mass is 10.0. The molecule has 3 amide bonds. The van der Waals surface area contributed by atoms with Crippen LogP contribution in [0.15, 0.2) is 16.9 Å². The molecule has 1 N–H and O–H groups in total. The number of anilines is 1. The van der Waals surface area contributed by atoms with Crippen LogP contribution in [0, 0.1) is 12.7 Å². The number of likely N-dealkylation sites (N-methyl/N-ethyl adjacent to an activating group) is 1. The molecule has 2 aromatic heterocycles. The Labute approximate surface area is 200 Å². The Morgan fingerprint density at radius 3 is 2.85 bits per heavy atom. The van der Waals surface area contributed by atoms with Gasteiger partial charge in [-0.3, -0.25) is 14.3 Å². The lowest BCUT2D eigenvalue weighted by Crippen LogP contribution is -2.45. The van der Waals surface area contributed by atoms with Crippen molar-refractivity contribution in [1.82, 2.24) is 29.6 Å². The molecule has 0 saturated heterocycles. The van der Waals surface area contributed by atoms with Crippen LogP contribution in [0.4, 0.5) is 14.9 Å². The van der Waals surface area contributed by atoms with Gasteiger partial charge in [-0.15, -0.1) is 0 Å². The van der Waals surface area contributed by atoms with Crippen molar-refractivity contribution < 1.29 is 18.8 Å². The van der Waals surface area contributed by atoms with Crippen LogP contribution in [0.1, 0.15) is 23.9 Å². The first-order chi connectivity index (χ1) is 15.6. The molecule has 1 aliphatic rings. The molecule has 33 heavy (non-hydrogen) atoms. The number of fused-ring (bicyclic) bond motifs is 1. The third-order valence-electron chi connectivity index (χ3n) is 5.52. The van der Waals surface area contributed by atoms with Crippen molar-refractivity contribution in [3.63, 3.8) is 0 Å². The highest BCUT2D eigenvalue weighted by Gasteiger charge is 2.32. The van der Waals surface area contributed by atoms with E-state index in [1.54, 1.807) is 11.9 Å². The number of amides is 3. The first-order valence-corrected chi connectivity index (χ1v) is 11.3. The molecule has 180 valence electrons. The van der Waals surface area contributed by atoms with E-state index in [0.29, 0.717) is 32.5 Å². The summed E-state index contributed by atoms with van der Waals surface area (Å²) in [4.78, 5) is 37.1. The quantitative estimate of drug-likeness (QED) is 0.323. The molecule has 3 heterocycles. The van der Waals surface area contributed by atoms with Crippen LogP contribution < -0.4 is 5.32 Å². The summed E-state index contributed by atoms with van der Waals surface area (Å²) in [7, 11) is 5.42. The van der Waals surface area contributed by atoms with Crippen LogP contribution in [0.2, 0.25) is 0 Å². The van der Waals surface area contributed by atoms with Crippen LogP contribution in [0.25, 0.3) is 0 Å². The van der Waals surface area contributed by atoms with Crippen molar-refractivity contribution in [1.29, 1.82) is 0 Å². The van der Waals surface area contributed by atoms with Crippen LogP contribution in [0.5, 0.6) is 0 Å². The molecule has 1 unspecified atom stereocenters. The van der Waals surface area contributed by atoms with Gasteiger partial charge >= 0.3 is 6.03 Å². The molecule has 2 aromatic rings. The zero-order valence-electron chi connectivity index (χ0n) is 19.4. The Morgan fingerprint density at radius 1 is 1.45 bits per heavy atom. The van der Waals surface area contributed by atoms with Gasteiger partial charge in [0.1, 0.15) is 10.7 Å². The monoisotopic (exact) mass is 525 g/mol. The third-order valence-corrected chi connectivity index (χ3v) is 6.07. The molecule has 2 atom stereocenters. The predicted molar refractivity (Wildman–Crippen MR) is 124 cm³/mol. The number of aromatic nitrogens is 3. The summed E-state index contributed by atoms with van der Waals surface area (Å²) in [5.41, 5.74) is 2.88. The number of carbonyl (C=O) groups excluding carboxylic acids is 2. The van der Waals surface area contributed by atoms with Crippen molar-refractivity contribution in [2.75, 3.05) is 33.0 Å². The second kappa shape index (κ2) is 10.6. The number of hydroxylamine groups is 2. The maximum atomic E-state index is 14.3. The molecule has 10 nitrogen and oxygen atoms in total. The Morgan fingerprint density at radius 2 is 2.18 bits per heavy atom. The van der Waals surface area contributed by atoms with Crippen LogP contribution in [-0.2, 0) is 29.1 Å². The highest BCUT2D eigenvalue weighted by molar-refractivity contribution is 9.10. The van der Waals surface area contributed by atoms with E-state index in [9.17, 15) is 14.0 Å². The molecule has 0 bridgehead atoms. The van der Waals surface area contributed by atoms with E-state index in [1.807, 2.05) is 37.5 Å². The number of urea groups is 1. The fraction of sp³-hybridized carbons (Fsp3) is 0.524. The number of hydrogen-bond donors (Lipinski definition) is 1. The van der Waals surface area contributed by atoms with Crippen molar-refractivity contribution in [3.8, 4) is 0 Å². The summed E-state index contributed by atoms with van der Waals surface area (Å²) in [5.74, 6) is -0.618. The maximum Gasteiger partial charge on any atom is 0.322 e. The highest BCUT2D eigenvalue weighted by atomic mass is 79.9. The molecule has 0 aromatic carbocycles. The Bertz CT molecular complexity index is 1020. The van der Waals surface area contributed by atoms with Crippen molar-refractivity contribution in [3.05, 3.63) is 39.6 Å². The smallest absolute Gasteiger partial charge is 0.317 e. The third kappa shape index (κ3) is 5.87. The second-order valence-corrected chi connectivity index (χ2v) is 9.16. The van der Waals surface area contributed by atoms with Gasteiger partial charge in [-0.25, -0.2) is 19.2 Å². The van der Waals surface area contributed by atoms with E-state index < -0.39 is 11.8 Å². The SMILES string of the molecule is Cc1c2c(nn1CC(CN(C)C)ON(C)C=O)C[C@@H](C)N(C(=O)Nc1ccnc(Br)c1F)C2. The van der Waals surface area contributed by atoms with Gasteiger partial charge in [0, 0.05) is 43.5 Å². The van der Waals surface area contributed by atoms with E-state index in [4.69, 9.17) is 9.94 Å². The van der Waals surface area contributed by atoms with Gasteiger partial charge in [0.25, 0.3) is 0 Å². The number of halogens is 2. The largest absolute Gasteiger partial charge is 0.322 e. The van der Waals surface area contributed by atoms with Crippen molar-refractivity contribution >= 4 is 34.1 Å². The number of hydrogen-bond acceptors (Lipinski definition) is 6. The van der Waals surface area contributed by atoms with E-state index in [0.717, 1.165) is 22.0 Å². The average Bonchev–Trinajstić information content (AvgIpc) is 3.04. The number of carbonyl (C=O) groups is 2. The molecule has 0 radical (unpaired) electrons. The normalized spacial score (nSPS) is 16.5. The lowest BCUT2D eigenvalue weighted by molar-refractivity contribution is -0.188. The number of nitrogens with zero attached hydrogens (tertiary/aromatic N) is 6. The average molecular weight is 526 g/mol. The molecular weight excluding hydrogens is 497 g/mol. The van der Waals surface area contributed by atoms with Crippen molar-refractivity contribution in [2.45, 2.75) is 45.5 Å². The molecule has 0 spiro atoms. The summed E-state index contributed by atoms with van der Waals surface area (Å²) in [6.45, 7) is 5.29. The van der Waals surface area contributed by atoms with Crippen LogP contribution in [-0.4, -0.2) is 81.9 Å². The highest BCUT2D eigenvalue weighted by Crippen LogP contribution is 2.27. The number of rotatable bonds is 8. The second-order valence-electron chi connectivity index (χ2n) is 8.41. The first kappa shape index (κ1) is 25.1. The Kier molecular flexibility index (Phi) is 8.03. The topological polar surface area (TPSA) is 95.8 Å². The van der Waals surface area contributed by atoms with Crippen LogP contribution in [0.3, 0.4) is 0 Å². The van der Waals surface area contributed by atoms with E-state index >= 15 is 0 Å². The van der Waals surface area contributed by atoms with Gasteiger partial charge in [-0.05, 0) is 49.9 Å². The molecular formula is C21H29BrFN7O3. The lowest BCUT2D eigenvalue weighted by Gasteiger charge is -2.33. The molecule has 3 rings (SSSR count). The molecule has 12 heteroatoms. The standard InChI is InChI=1S/C21H29BrFN7O3/c1-13-8-18-16(11-29(13)21(32)25-17-6-7-24-20(22)19(17)23)14(2)30(26-18)10-15(9-27(3)4)33-28(5)12-31/h6-7,12-13,15H,8-11H2,1-5H3,(H,24,25,32)/t13-,15?/m1/s1. The van der Waals surface area contributed by atoms with Gasteiger partial charge in [0.15, 0.2) is 5.82 Å². The van der Waals surface area contributed by atoms with Gasteiger partial charge in [0.05, 0.1) is 24.5 Å². The van der Waals surface area contributed by atoms with E-state index in [-0.39, 0.29) is 22.4 Å². The minimum Gasteiger partial charge on any atom is -0.317 e. The van der Waals surface area contributed by atoms with E-state index in [1.165, 1.54) is 12.3 Å². The Hall–Kier alpha value is -2.57. The predicted octanol–water partition coefficient (Wildman–Crippen LogP) is 2.42. The maximum absolute atomic E-state index is 14.3. The summed E-state index contributed by atoms with van der Waals surface area (Å²) < 4.78 is 16.2. The first-order valence-electron chi connectivity index (χ1n) is 10.5. The molecule has 0 fully saturated rings. The fourth-order valence-corrected chi connectivity index (χ4v) is 4.20. The minimum atomic E-state index is -0.618. The molecule has 0 aliphatic carbocycles. The number of pyridine rings is 1. The fourth-order valence-electron chi connectivity index (χ4n) is 3.87. The van der Waals surface area contributed by atoms with Gasteiger partial charge < -0.3 is 15.1 Å². The molecule has 1 aliphatic heterocycles. The van der Waals surface area contributed by atoms with Gasteiger partial charge in [-0.1, -0.05) is 0 Å². The van der Waals surface area contributed by atoms with Crippen molar-refractivity contribution in [2.24, 2.45) is 0 Å². The molecule has 0 saturated carbocycles. The zero-order chi connectivity index (χ0) is 24.3. The Balaban J connectivity index is 1.77. The van der Waals surface area contributed by atoms with Crippen LogP contribution >= 0.6 is 15.9 Å². The number of nitrogens with one attached hydrogen (secondary N) is 1. The summed E-state index contributed by atoms with van der Waals surface area (Å²) in [6, 6.07) is 0.907. The summed E-state index contributed by atoms with van der Waals surface area (Å²) >= 11 is 3.03. The van der Waals surface area contributed by atoms with E-state index in [2.05, 4.69) is 26.2 Å². The zero-order valence-corrected chi connectivity index (χ0v) is 21.0. The van der Waals surface area contributed by atoms with Gasteiger partial charge in [0.2, 0.25) is 6.41 Å². The minimum absolute atomic E-state index is 0.0427.